The fraction of sp³-hybridized carbons (Fsp3) is 0.875. The largest absolute Gasteiger partial charge is 0.375 e. The first-order valence-electron chi connectivity index (χ1n) is 8.58. The summed E-state index contributed by atoms with van der Waals surface area (Å²) in [7, 11) is 3.50. The highest BCUT2D eigenvalue weighted by Crippen LogP contribution is 2.21. The van der Waals surface area contributed by atoms with Crippen LogP contribution < -0.4 is 5.32 Å². The number of hydrogen-bond donors (Lipinski definition) is 1. The first kappa shape index (κ1) is 21.4. The van der Waals surface area contributed by atoms with E-state index in [1.807, 2.05) is 0 Å². The molecule has 2 rings (SSSR count). The highest BCUT2D eigenvalue weighted by atomic mass is 127. The molecule has 8 heteroatoms. The second-order valence-electron chi connectivity index (χ2n) is 6.26. The number of halogens is 1. The van der Waals surface area contributed by atoms with Crippen LogP contribution in [0.5, 0.6) is 0 Å². The smallest absolute Gasteiger partial charge is 0.243 e. The molecule has 1 amide bonds. The molecule has 140 valence electrons. The number of nitrogens with zero attached hydrogens (tertiary/aromatic N) is 3. The summed E-state index contributed by atoms with van der Waals surface area (Å²) in [5.74, 6) is 0.804. The maximum Gasteiger partial charge on any atom is 0.243 e. The Morgan fingerprint density at radius 1 is 1.29 bits per heavy atom. The SMILES string of the molecule is CCCNC(=NCC(=O)N(C)C)N1CCOC(C2CCCO2)C1.I. The quantitative estimate of drug-likeness (QED) is 0.381. The number of aliphatic imine (C=N–C) groups is 1. The fourth-order valence-electron chi connectivity index (χ4n) is 2.78. The van der Waals surface area contributed by atoms with Gasteiger partial charge in [-0.1, -0.05) is 6.92 Å². The predicted octanol–water partition coefficient (Wildman–Crippen LogP) is 0.928. The lowest BCUT2D eigenvalue weighted by atomic mass is 10.1. The number of amides is 1. The molecule has 2 saturated heterocycles. The summed E-state index contributed by atoms with van der Waals surface area (Å²) >= 11 is 0. The Bertz CT molecular complexity index is 414. The number of guanidine groups is 1. The molecule has 2 unspecified atom stereocenters. The zero-order valence-corrected chi connectivity index (χ0v) is 17.3. The van der Waals surface area contributed by atoms with Crippen molar-refractivity contribution in [2.75, 3.05) is 53.5 Å². The lowest BCUT2D eigenvalue weighted by Crippen LogP contribution is -2.53. The van der Waals surface area contributed by atoms with Crippen molar-refractivity contribution in [2.24, 2.45) is 4.99 Å². The van der Waals surface area contributed by atoms with Gasteiger partial charge in [-0.05, 0) is 19.3 Å². The molecule has 2 aliphatic rings. The van der Waals surface area contributed by atoms with Crippen LogP contribution in [0.25, 0.3) is 0 Å². The van der Waals surface area contributed by atoms with Crippen LogP contribution >= 0.6 is 24.0 Å². The van der Waals surface area contributed by atoms with Crippen LogP contribution in [0.2, 0.25) is 0 Å². The number of hydrogen-bond acceptors (Lipinski definition) is 4. The van der Waals surface area contributed by atoms with Gasteiger partial charge in [-0.3, -0.25) is 4.79 Å². The monoisotopic (exact) mass is 454 g/mol. The second-order valence-corrected chi connectivity index (χ2v) is 6.26. The van der Waals surface area contributed by atoms with Crippen molar-refractivity contribution >= 4 is 35.8 Å². The summed E-state index contributed by atoms with van der Waals surface area (Å²) in [5.41, 5.74) is 0. The van der Waals surface area contributed by atoms with Gasteiger partial charge in [0.1, 0.15) is 12.6 Å². The third-order valence-corrected chi connectivity index (χ3v) is 4.17. The highest BCUT2D eigenvalue weighted by Gasteiger charge is 2.32. The zero-order valence-electron chi connectivity index (χ0n) is 15.0. The van der Waals surface area contributed by atoms with Gasteiger partial charge in [0.2, 0.25) is 5.91 Å². The fourth-order valence-corrected chi connectivity index (χ4v) is 2.78. The molecule has 2 aliphatic heterocycles. The van der Waals surface area contributed by atoms with Crippen molar-refractivity contribution < 1.29 is 14.3 Å². The lowest BCUT2D eigenvalue weighted by molar-refractivity contribution is -0.127. The highest BCUT2D eigenvalue weighted by molar-refractivity contribution is 14.0. The molecule has 0 aromatic heterocycles. The molecule has 0 aliphatic carbocycles. The summed E-state index contributed by atoms with van der Waals surface area (Å²) in [4.78, 5) is 20.1. The van der Waals surface area contributed by atoms with E-state index in [1.165, 1.54) is 0 Å². The van der Waals surface area contributed by atoms with E-state index in [0.717, 1.165) is 51.5 Å². The summed E-state index contributed by atoms with van der Waals surface area (Å²) in [6.45, 7) is 6.17. The summed E-state index contributed by atoms with van der Waals surface area (Å²) in [6.07, 6.45) is 3.46. The Hall–Kier alpha value is -0.610. The Morgan fingerprint density at radius 3 is 2.67 bits per heavy atom. The van der Waals surface area contributed by atoms with E-state index in [9.17, 15) is 4.79 Å². The van der Waals surface area contributed by atoms with Gasteiger partial charge in [0, 0.05) is 40.3 Å². The van der Waals surface area contributed by atoms with E-state index in [0.29, 0.717) is 6.61 Å². The molecule has 2 fully saturated rings. The van der Waals surface area contributed by atoms with Gasteiger partial charge in [-0.2, -0.15) is 0 Å². The van der Waals surface area contributed by atoms with E-state index in [1.54, 1.807) is 19.0 Å². The van der Waals surface area contributed by atoms with E-state index < -0.39 is 0 Å². The van der Waals surface area contributed by atoms with E-state index in [4.69, 9.17) is 9.47 Å². The van der Waals surface area contributed by atoms with Crippen LogP contribution in [0, 0.1) is 0 Å². The average Bonchev–Trinajstić information content (AvgIpc) is 3.09. The lowest BCUT2D eigenvalue weighted by Gasteiger charge is -2.37. The molecule has 0 bridgehead atoms. The minimum absolute atomic E-state index is 0. The number of carbonyl (C=O) groups excluding carboxylic acids is 1. The van der Waals surface area contributed by atoms with Crippen LogP contribution in [0.3, 0.4) is 0 Å². The Labute approximate surface area is 162 Å². The zero-order chi connectivity index (χ0) is 16.7. The van der Waals surface area contributed by atoms with Crippen molar-refractivity contribution in [2.45, 2.75) is 38.4 Å². The van der Waals surface area contributed by atoms with Crippen LogP contribution in [-0.4, -0.2) is 87.4 Å². The van der Waals surface area contributed by atoms with Crippen LogP contribution in [0.4, 0.5) is 0 Å². The molecule has 0 aromatic rings. The number of morpholine rings is 1. The minimum atomic E-state index is 0. The van der Waals surface area contributed by atoms with Gasteiger partial charge in [0.15, 0.2) is 5.96 Å². The molecular weight excluding hydrogens is 423 g/mol. The van der Waals surface area contributed by atoms with E-state index in [-0.39, 0.29) is 48.6 Å². The molecule has 0 spiro atoms. The van der Waals surface area contributed by atoms with Gasteiger partial charge < -0.3 is 24.6 Å². The van der Waals surface area contributed by atoms with Crippen LogP contribution in [0.1, 0.15) is 26.2 Å². The van der Waals surface area contributed by atoms with Crippen molar-refractivity contribution in [1.29, 1.82) is 0 Å². The normalized spacial score (nSPS) is 24.5. The maximum absolute atomic E-state index is 11.8. The third-order valence-electron chi connectivity index (χ3n) is 4.17. The first-order valence-corrected chi connectivity index (χ1v) is 8.58. The van der Waals surface area contributed by atoms with Gasteiger partial charge in [-0.15, -0.1) is 24.0 Å². The Morgan fingerprint density at radius 2 is 2.04 bits per heavy atom. The second kappa shape index (κ2) is 11.1. The standard InChI is InChI=1S/C16H30N4O3.HI/c1-4-7-17-16(18-11-15(21)19(2)3)20-8-10-23-14(12-20)13-6-5-9-22-13;/h13-14H,4-12H2,1-3H3,(H,17,18);1H. The first-order chi connectivity index (χ1) is 11.1. The van der Waals surface area contributed by atoms with E-state index >= 15 is 0 Å². The maximum atomic E-state index is 11.8. The van der Waals surface area contributed by atoms with Crippen molar-refractivity contribution in [1.82, 2.24) is 15.1 Å². The topological polar surface area (TPSA) is 66.4 Å². The molecule has 0 aromatic carbocycles. The molecule has 24 heavy (non-hydrogen) atoms. The van der Waals surface area contributed by atoms with Gasteiger partial charge in [-0.25, -0.2) is 4.99 Å². The molecule has 1 N–H and O–H groups in total. The van der Waals surface area contributed by atoms with Crippen molar-refractivity contribution in [3.05, 3.63) is 0 Å². The van der Waals surface area contributed by atoms with Crippen molar-refractivity contribution in [3.8, 4) is 0 Å². The summed E-state index contributed by atoms with van der Waals surface area (Å²) < 4.78 is 11.6. The van der Waals surface area contributed by atoms with Crippen molar-refractivity contribution in [3.63, 3.8) is 0 Å². The molecule has 0 saturated carbocycles. The van der Waals surface area contributed by atoms with Crippen LogP contribution in [-0.2, 0) is 14.3 Å². The minimum Gasteiger partial charge on any atom is -0.375 e. The molecule has 2 heterocycles. The number of ether oxygens (including phenoxy) is 2. The average molecular weight is 454 g/mol. The summed E-state index contributed by atoms with van der Waals surface area (Å²) in [6, 6.07) is 0. The Kier molecular flexibility index (Phi) is 9.91. The summed E-state index contributed by atoms with van der Waals surface area (Å²) in [5, 5.41) is 3.35. The molecule has 7 nitrogen and oxygen atoms in total. The predicted molar refractivity (Wildman–Crippen MR) is 105 cm³/mol. The van der Waals surface area contributed by atoms with Gasteiger partial charge in [0.25, 0.3) is 0 Å². The van der Waals surface area contributed by atoms with Crippen LogP contribution in [0.15, 0.2) is 4.99 Å². The number of carbonyl (C=O) groups is 1. The molecule has 2 atom stereocenters. The van der Waals surface area contributed by atoms with Gasteiger partial charge >= 0.3 is 0 Å². The number of likely N-dealkylation sites (N-methyl/N-ethyl adjacent to an activating group) is 1. The molecule has 0 radical (unpaired) electrons. The number of rotatable bonds is 5. The third kappa shape index (κ3) is 6.36. The Balaban J connectivity index is 0.00000288. The van der Waals surface area contributed by atoms with Gasteiger partial charge in [0.05, 0.1) is 12.7 Å². The molecular formula is C16H31IN4O3. The van der Waals surface area contributed by atoms with E-state index in [2.05, 4.69) is 22.1 Å². The number of nitrogens with one attached hydrogen (secondary N) is 1.